The topological polar surface area (TPSA) is 79.9 Å². The third-order valence-corrected chi connectivity index (χ3v) is 5.00. The van der Waals surface area contributed by atoms with Gasteiger partial charge in [0, 0.05) is 11.1 Å². The molecule has 140 valence electrons. The van der Waals surface area contributed by atoms with Gasteiger partial charge in [0.1, 0.15) is 4.88 Å². The van der Waals surface area contributed by atoms with Crippen molar-refractivity contribution in [3.8, 4) is 0 Å². The first-order valence-corrected chi connectivity index (χ1v) is 9.66. The van der Waals surface area contributed by atoms with Gasteiger partial charge in [0.05, 0.1) is 24.0 Å². The highest BCUT2D eigenvalue weighted by Gasteiger charge is 2.12. The van der Waals surface area contributed by atoms with Crippen LogP contribution in [0.3, 0.4) is 0 Å². The number of rotatable bonds is 6. The van der Waals surface area contributed by atoms with Gasteiger partial charge in [0.25, 0.3) is 0 Å². The number of aromatic amines is 1. The highest BCUT2D eigenvalue weighted by molar-refractivity contribution is 7.17. The molecular weight excluding hydrogens is 372 g/mol. The van der Waals surface area contributed by atoms with Crippen molar-refractivity contribution in [2.24, 2.45) is 0 Å². The third kappa shape index (κ3) is 3.79. The van der Waals surface area contributed by atoms with E-state index < -0.39 is 0 Å². The van der Waals surface area contributed by atoms with Crippen LogP contribution in [0.2, 0.25) is 0 Å². The van der Waals surface area contributed by atoms with Crippen molar-refractivity contribution in [2.75, 3.05) is 11.9 Å². The summed E-state index contributed by atoms with van der Waals surface area (Å²) < 4.78 is 5.01. The van der Waals surface area contributed by atoms with Gasteiger partial charge in [0.15, 0.2) is 5.13 Å². The van der Waals surface area contributed by atoms with E-state index in [4.69, 9.17) is 4.74 Å². The fourth-order valence-electron chi connectivity index (χ4n) is 2.78. The number of para-hydroxylation sites is 2. The second kappa shape index (κ2) is 8.06. The maximum absolute atomic E-state index is 11.8. The summed E-state index contributed by atoms with van der Waals surface area (Å²) in [6, 6.07) is 15.9. The number of thiazole rings is 1. The molecule has 0 aliphatic heterocycles. The van der Waals surface area contributed by atoms with Gasteiger partial charge in [-0.2, -0.15) is 5.10 Å². The van der Waals surface area contributed by atoms with Crippen LogP contribution in [0, 0.1) is 0 Å². The Morgan fingerprint density at radius 1 is 1.18 bits per heavy atom. The first-order chi connectivity index (χ1) is 13.7. The Morgan fingerprint density at radius 3 is 2.89 bits per heavy atom. The number of benzene rings is 2. The van der Waals surface area contributed by atoms with Gasteiger partial charge < -0.3 is 10.1 Å². The summed E-state index contributed by atoms with van der Waals surface area (Å²) in [6.07, 6.45) is 5.51. The van der Waals surface area contributed by atoms with Crippen molar-refractivity contribution >= 4 is 51.2 Å². The van der Waals surface area contributed by atoms with Gasteiger partial charge in [-0.25, -0.2) is 9.78 Å². The molecule has 0 fully saturated rings. The van der Waals surface area contributed by atoms with Crippen molar-refractivity contribution in [1.82, 2.24) is 15.2 Å². The Bertz CT molecular complexity index is 1150. The van der Waals surface area contributed by atoms with Crippen LogP contribution < -0.4 is 5.32 Å². The number of ether oxygens (including phenoxy) is 1. The van der Waals surface area contributed by atoms with Gasteiger partial charge in [-0.15, -0.1) is 0 Å². The molecule has 0 radical (unpaired) electrons. The summed E-state index contributed by atoms with van der Waals surface area (Å²) in [4.78, 5) is 16.6. The van der Waals surface area contributed by atoms with E-state index in [0.29, 0.717) is 16.6 Å². The van der Waals surface area contributed by atoms with Crippen molar-refractivity contribution in [2.45, 2.75) is 6.92 Å². The fourth-order valence-corrected chi connectivity index (χ4v) is 3.50. The average Bonchev–Trinajstić information content (AvgIpc) is 3.35. The molecular formula is C21H18N4O2S. The van der Waals surface area contributed by atoms with Crippen LogP contribution in [-0.4, -0.2) is 27.8 Å². The molecule has 0 bridgehead atoms. The first-order valence-electron chi connectivity index (χ1n) is 8.85. The average molecular weight is 390 g/mol. The predicted octanol–water partition coefficient (Wildman–Crippen LogP) is 5.11. The van der Waals surface area contributed by atoms with E-state index in [1.807, 2.05) is 60.7 Å². The number of esters is 1. The molecule has 0 atom stereocenters. The molecule has 28 heavy (non-hydrogen) atoms. The van der Waals surface area contributed by atoms with E-state index in [9.17, 15) is 4.79 Å². The molecule has 0 amide bonds. The number of carbonyl (C=O) groups excluding carboxylic acids is 1. The van der Waals surface area contributed by atoms with Crippen LogP contribution in [0.1, 0.15) is 27.9 Å². The zero-order valence-electron chi connectivity index (χ0n) is 15.2. The van der Waals surface area contributed by atoms with E-state index in [0.717, 1.165) is 27.8 Å². The largest absolute Gasteiger partial charge is 0.462 e. The molecule has 0 unspecified atom stereocenters. The highest BCUT2D eigenvalue weighted by atomic mass is 32.1. The number of nitrogens with zero attached hydrogens (tertiary/aromatic N) is 2. The van der Waals surface area contributed by atoms with Crippen molar-refractivity contribution in [3.63, 3.8) is 0 Å². The molecule has 0 saturated heterocycles. The van der Waals surface area contributed by atoms with Crippen LogP contribution in [0.15, 0.2) is 54.7 Å². The van der Waals surface area contributed by atoms with E-state index in [1.54, 1.807) is 6.92 Å². The fraction of sp³-hybridized carbons (Fsp3) is 0.0952. The number of aromatic nitrogens is 3. The lowest BCUT2D eigenvalue weighted by molar-refractivity contribution is 0.0532. The van der Waals surface area contributed by atoms with E-state index in [-0.39, 0.29) is 5.97 Å². The maximum atomic E-state index is 11.8. The Balaban J connectivity index is 1.56. The van der Waals surface area contributed by atoms with Crippen LogP contribution in [0.4, 0.5) is 10.8 Å². The zero-order valence-corrected chi connectivity index (χ0v) is 16.0. The lowest BCUT2D eigenvalue weighted by Crippen LogP contribution is -2.01. The summed E-state index contributed by atoms with van der Waals surface area (Å²) >= 11 is 1.26. The molecule has 2 heterocycles. The molecule has 2 N–H and O–H groups in total. The minimum atomic E-state index is -0.355. The zero-order chi connectivity index (χ0) is 19.3. The maximum Gasteiger partial charge on any atom is 0.350 e. The molecule has 6 nitrogen and oxygen atoms in total. The number of hydrogen-bond donors (Lipinski definition) is 2. The van der Waals surface area contributed by atoms with Gasteiger partial charge in [0.2, 0.25) is 0 Å². The third-order valence-electron chi connectivity index (χ3n) is 4.11. The van der Waals surface area contributed by atoms with Crippen LogP contribution >= 0.6 is 11.3 Å². The molecule has 0 saturated carbocycles. The second-order valence-electron chi connectivity index (χ2n) is 5.95. The van der Waals surface area contributed by atoms with E-state index >= 15 is 0 Å². The minimum absolute atomic E-state index is 0.342. The van der Waals surface area contributed by atoms with Crippen LogP contribution in [0.5, 0.6) is 0 Å². The molecule has 4 aromatic rings. The summed E-state index contributed by atoms with van der Waals surface area (Å²) in [7, 11) is 0. The summed E-state index contributed by atoms with van der Waals surface area (Å²) in [6.45, 7) is 2.12. The van der Waals surface area contributed by atoms with Gasteiger partial charge in [-0.3, -0.25) is 5.10 Å². The number of nitrogens with one attached hydrogen (secondary N) is 2. The minimum Gasteiger partial charge on any atom is -0.462 e. The number of H-pyrrole nitrogens is 1. The Labute approximate surface area is 165 Å². The summed E-state index contributed by atoms with van der Waals surface area (Å²) in [5.41, 5.74) is 3.76. The molecule has 2 aromatic carbocycles. The highest BCUT2D eigenvalue weighted by Crippen LogP contribution is 2.27. The van der Waals surface area contributed by atoms with Crippen molar-refractivity contribution in [1.29, 1.82) is 0 Å². The molecule has 0 aliphatic carbocycles. The Kier molecular flexibility index (Phi) is 5.16. The van der Waals surface area contributed by atoms with E-state index in [1.165, 1.54) is 17.5 Å². The van der Waals surface area contributed by atoms with Gasteiger partial charge in [-0.1, -0.05) is 53.8 Å². The monoisotopic (exact) mass is 390 g/mol. The smallest absolute Gasteiger partial charge is 0.350 e. The van der Waals surface area contributed by atoms with Crippen LogP contribution in [0.25, 0.3) is 23.1 Å². The quantitative estimate of drug-likeness (QED) is 0.447. The molecule has 4 rings (SSSR count). The molecule has 2 aromatic heterocycles. The van der Waals surface area contributed by atoms with Crippen LogP contribution in [-0.2, 0) is 4.74 Å². The number of fused-ring (bicyclic) bond motifs is 1. The lowest BCUT2D eigenvalue weighted by Gasteiger charge is -2.06. The van der Waals surface area contributed by atoms with Gasteiger partial charge in [-0.05, 0) is 30.7 Å². The predicted molar refractivity (Wildman–Crippen MR) is 113 cm³/mol. The Morgan fingerprint density at radius 2 is 2.00 bits per heavy atom. The van der Waals surface area contributed by atoms with E-state index in [2.05, 4.69) is 20.5 Å². The Hall–Kier alpha value is -3.45. The SMILES string of the molecule is CCOC(=O)c1cnc(Nc2ccccc2/C=C/c2n[nH]c3ccccc23)s1. The standard InChI is InChI=1S/C21H18N4O2S/c1-2-27-20(26)19-13-22-21(28-19)23-16-9-5-3-7-14(16)11-12-18-15-8-4-6-10-17(15)24-25-18/h3-13H,2H2,1H3,(H,22,23)(H,24,25)/b12-11+. The number of carbonyl (C=O) groups is 1. The summed E-state index contributed by atoms with van der Waals surface area (Å²) in [5.74, 6) is -0.355. The molecule has 7 heteroatoms. The lowest BCUT2D eigenvalue weighted by atomic mass is 10.1. The molecule has 0 aliphatic rings. The number of anilines is 2. The van der Waals surface area contributed by atoms with Crippen molar-refractivity contribution in [3.05, 3.63) is 70.9 Å². The van der Waals surface area contributed by atoms with Crippen molar-refractivity contribution < 1.29 is 9.53 Å². The summed E-state index contributed by atoms with van der Waals surface area (Å²) in [5, 5.41) is 12.4. The molecule has 0 spiro atoms. The van der Waals surface area contributed by atoms with Gasteiger partial charge >= 0.3 is 5.97 Å². The normalized spacial score (nSPS) is 11.2. The number of hydrogen-bond acceptors (Lipinski definition) is 6. The first kappa shape index (κ1) is 17.9. The second-order valence-corrected chi connectivity index (χ2v) is 6.98.